The molecule has 1 aromatic carbocycles. The average molecular weight is 397 g/mol. The van der Waals surface area contributed by atoms with E-state index in [1.807, 2.05) is 0 Å². The highest BCUT2D eigenvalue weighted by Gasteiger charge is 2.46. The largest absolute Gasteiger partial charge is 0.452 e. The summed E-state index contributed by atoms with van der Waals surface area (Å²) in [6, 6.07) is 5.66. The number of halogens is 1. The van der Waals surface area contributed by atoms with Crippen molar-refractivity contribution >= 4 is 21.7 Å². The first-order chi connectivity index (χ1) is 12.7. The summed E-state index contributed by atoms with van der Waals surface area (Å²) < 4.78 is 41.7. The molecule has 1 aliphatic carbocycles. The molecule has 0 N–H and O–H groups in total. The van der Waals surface area contributed by atoms with Crippen molar-refractivity contribution in [3.63, 3.8) is 0 Å². The van der Waals surface area contributed by atoms with Gasteiger partial charge in [0.05, 0.1) is 17.4 Å². The lowest BCUT2D eigenvalue weighted by Gasteiger charge is -2.29. The molecule has 0 spiro atoms. The molecule has 27 heavy (non-hydrogen) atoms. The van der Waals surface area contributed by atoms with Crippen LogP contribution in [0.5, 0.6) is 0 Å². The highest BCUT2D eigenvalue weighted by molar-refractivity contribution is 7.91. The van der Waals surface area contributed by atoms with E-state index in [4.69, 9.17) is 4.74 Å². The van der Waals surface area contributed by atoms with Crippen molar-refractivity contribution in [1.82, 2.24) is 4.90 Å². The monoisotopic (exact) mass is 397 g/mol. The highest BCUT2D eigenvalue weighted by atomic mass is 32.2. The fraction of sp³-hybridized carbons (Fsp3) is 0.579. The number of nitrogens with zero attached hydrogens (tertiary/aromatic N) is 1. The third-order valence-corrected chi connectivity index (χ3v) is 7.06. The smallest absolute Gasteiger partial charge is 0.310 e. The van der Waals surface area contributed by atoms with Crippen LogP contribution in [0.2, 0.25) is 0 Å². The van der Waals surface area contributed by atoms with Gasteiger partial charge in [-0.25, -0.2) is 12.8 Å². The van der Waals surface area contributed by atoms with Gasteiger partial charge in [0.2, 0.25) is 0 Å². The molecule has 1 aromatic rings. The van der Waals surface area contributed by atoms with Gasteiger partial charge in [0.15, 0.2) is 15.9 Å². The summed E-state index contributed by atoms with van der Waals surface area (Å²) in [7, 11) is -3.11. The molecule has 4 unspecified atom stereocenters. The lowest BCUT2D eigenvalue weighted by Crippen LogP contribution is -2.46. The van der Waals surface area contributed by atoms with E-state index in [-0.39, 0.29) is 41.1 Å². The Morgan fingerprint density at radius 2 is 1.96 bits per heavy atom. The van der Waals surface area contributed by atoms with Crippen molar-refractivity contribution < 1.29 is 27.1 Å². The van der Waals surface area contributed by atoms with Crippen LogP contribution in [0, 0.1) is 11.7 Å². The molecule has 1 saturated heterocycles. The average Bonchev–Trinajstić information content (AvgIpc) is 3.34. The molecule has 4 atom stereocenters. The maximum Gasteiger partial charge on any atom is 0.310 e. The van der Waals surface area contributed by atoms with Crippen molar-refractivity contribution in [2.24, 2.45) is 5.92 Å². The number of sulfone groups is 1. The van der Waals surface area contributed by atoms with Crippen LogP contribution in [0.25, 0.3) is 0 Å². The highest BCUT2D eigenvalue weighted by Crippen LogP contribution is 2.48. The second kappa shape index (κ2) is 7.58. The Balaban J connectivity index is 1.56. The van der Waals surface area contributed by atoms with Gasteiger partial charge in [-0.15, -0.1) is 0 Å². The summed E-state index contributed by atoms with van der Waals surface area (Å²) in [6.45, 7) is 3.66. The number of ether oxygens (including phenoxy) is 1. The van der Waals surface area contributed by atoms with Gasteiger partial charge in [-0.05, 0) is 50.3 Å². The van der Waals surface area contributed by atoms with Gasteiger partial charge in [0.25, 0.3) is 5.91 Å². The maximum absolute atomic E-state index is 13.0. The lowest BCUT2D eigenvalue weighted by molar-refractivity contribution is -0.161. The van der Waals surface area contributed by atoms with Crippen molar-refractivity contribution in [1.29, 1.82) is 0 Å². The zero-order chi connectivity index (χ0) is 19.8. The zero-order valence-electron chi connectivity index (χ0n) is 15.4. The van der Waals surface area contributed by atoms with E-state index >= 15 is 0 Å². The number of hydrogen-bond acceptors (Lipinski definition) is 5. The van der Waals surface area contributed by atoms with Crippen LogP contribution in [0.4, 0.5) is 4.39 Å². The van der Waals surface area contributed by atoms with Crippen molar-refractivity contribution in [2.45, 2.75) is 44.8 Å². The molecule has 0 radical (unpaired) electrons. The second-order valence-electron chi connectivity index (χ2n) is 7.26. The minimum Gasteiger partial charge on any atom is -0.452 e. The number of amides is 1. The van der Waals surface area contributed by atoms with E-state index in [0.717, 1.165) is 5.56 Å². The predicted molar refractivity (Wildman–Crippen MR) is 97.2 cm³/mol. The number of esters is 1. The molecule has 0 bridgehead atoms. The molecule has 1 amide bonds. The van der Waals surface area contributed by atoms with Crippen LogP contribution in [-0.4, -0.2) is 55.4 Å². The Kier molecular flexibility index (Phi) is 5.55. The summed E-state index contributed by atoms with van der Waals surface area (Å²) in [5, 5.41) is 0. The molecule has 6 nitrogen and oxygen atoms in total. The van der Waals surface area contributed by atoms with E-state index in [2.05, 4.69) is 0 Å². The molecule has 2 fully saturated rings. The number of carbonyl (C=O) groups excluding carboxylic acids is 2. The fourth-order valence-corrected chi connectivity index (χ4v) is 5.43. The van der Waals surface area contributed by atoms with E-state index in [1.54, 1.807) is 19.1 Å². The number of rotatable bonds is 6. The Labute approximate surface area is 158 Å². The minimum absolute atomic E-state index is 0.0114. The molecule has 1 saturated carbocycles. The summed E-state index contributed by atoms with van der Waals surface area (Å²) in [5.74, 6) is -1.44. The Bertz CT molecular complexity index is 823. The molecule has 1 heterocycles. The van der Waals surface area contributed by atoms with Crippen LogP contribution >= 0.6 is 0 Å². The normalized spacial score (nSPS) is 27.0. The molecular weight excluding hydrogens is 373 g/mol. The van der Waals surface area contributed by atoms with Crippen molar-refractivity contribution in [3.8, 4) is 0 Å². The summed E-state index contributed by atoms with van der Waals surface area (Å²) in [4.78, 5) is 26.5. The van der Waals surface area contributed by atoms with Crippen LogP contribution in [-0.2, 0) is 24.2 Å². The van der Waals surface area contributed by atoms with Gasteiger partial charge in [-0.1, -0.05) is 12.1 Å². The van der Waals surface area contributed by atoms with Gasteiger partial charge >= 0.3 is 5.97 Å². The molecule has 2 aliphatic rings. The second-order valence-corrected chi connectivity index (χ2v) is 9.49. The Morgan fingerprint density at radius 1 is 1.30 bits per heavy atom. The first-order valence-electron chi connectivity index (χ1n) is 9.18. The zero-order valence-corrected chi connectivity index (χ0v) is 16.2. The van der Waals surface area contributed by atoms with Crippen molar-refractivity contribution in [3.05, 3.63) is 35.6 Å². The van der Waals surface area contributed by atoms with E-state index in [1.165, 1.54) is 24.0 Å². The molecule has 0 aromatic heterocycles. The van der Waals surface area contributed by atoms with Gasteiger partial charge < -0.3 is 9.64 Å². The summed E-state index contributed by atoms with van der Waals surface area (Å²) in [6.07, 6.45) is 0.0666. The summed E-state index contributed by atoms with van der Waals surface area (Å²) >= 11 is 0. The van der Waals surface area contributed by atoms with E-state index in [9.17, 15) is 22.4 Å². The molecule has 148 valence electrons. The molecule has 8 heteroatoms. The Morgan fingerprint density at radius 3 is 2.52 bits per heavy atom. The number of hydrogen-bond donors (Lipinski definition) is 0. The molecule has 3 rings (SSSR count). The van der Waals surface area contributed by atoms with Gasteiger partial charge in [0, 0.05) is 12.6 Å². The fourth-order valence-electron chi connectivity index (χ4n) is 3.69. The molecular formula is C19H24FNO5S. The van der Waals surface area contributed by atoms with Crippen LogP contribution in [0.15, 0.2) is 24.3 Å². The van der Waals surface area contributed by atoms with Gasteiger partial charge in [-0.3, -0.25) is 9.59 Å². The number of carbonyl (C=O) groups is 2. The van der Waals surface area contributed by atoms with E-state index < -0.39 is 21.9 Å². The first-order valence-corrected chi connectivity index (χ1v) is 11.0. The minimum atomic E-state index is -3.11. The van der Waals surface area contributed by atoms with Crippen LogP contribution in [0.3, 0.4) is 0 Å². The topological polar surface area (TPSA) is 80.8 Å². The van der Waals surface area contributed by atoms with Gasteiger partial charge in [0.1, 0.15) is 5.82 Å². The number of likely N-dealkylation sites (N-methyl/N-ethyl adjacent to an activating group) is 1. The van der Waals surface area contributed by atoms with Crippen LogP contribution < -0.4 is 0 Å². The van der Waals surface area contributed by atoms with Crippen molar-refractivity contribution in [2.75, 3.05) is 18.1 Å². The SMILES string of the molecule is CCN(C(=O)C(C)OC(=O)C1CC1c1ccc(F)cc1)C1CCS(=O)(=O)C1. The lowest BCUT2D eigenvalue weighted by atomic mass is 10.1. The van der Waals surface area contributed by atoms with Crippen LogP contribution in [0.1, 0.15) is 38.2 Å². The standard InChI is InChI=1S/C19H24FNO5S/c1-3-21(15-8-9-27(24,25)11-15)18(22)12(2)26-19(23)17-10-16(17)13-4-6-14(20)7-5-13/h4-7,12,15-17H,3,8-11H2,1-2H3. The van der Waals surface area contributed by atoms with Gasteiger partial charge in [-0.2, -0.15) is 0 Å². The first kappa shape index (κ1) is 19.8. The summed E-state index contributed by atoms with van der Waals surface area (Å²) in [5.41, 5.74) is 0.878. The third-order valence-electron chi connectivity index (χ3n) is 5.30. The van der Waals surface area contributed by atoms with E-state index in [0.29, 0.717) is 19.4 Å². The predicted octanol–water partition coefficient (Wildman–Crippen LogP) is 1.90. The third kappa shape index (κ3) is 4.48. The number of benzene rings is 1. The molecule has 1 aliphatic heterocycles. The maximum atomic E-state index is 13.0. The quantitative estimate of drug-likeness (QED) is 0.685. The Hall–Kier alpha value is -1.96.